The van der Waals surface area contributed by atoms with E-state index in [-0.39, 0.29) is 12.1 Å². The maximum atomic E-state index is 12.5. The van der Waals surface area contributed by atoms with Crippen molar-refractivity contribution in [1.82, 2.24) is 0 Å². The highest BCUT2D eigenvalue weighted by Gasteiger charge is 2.31. The van der Waals surface area contributed by atoms with Gasteiger partial charge in [0.2, 0.25) is 0 Å². The number of unbranched alkanes of at least 4 members (excludes halogenated alkanes) is 2. The van der Waals surface area contributed by atoms with E-state index >= 15 is 0 Å². The number of carbonyl (C=O) groups is 2. The zero-order valence-corrected chi connectivity index (χ0v) is 23.5. The van der Waals surface area contributed by atoms with Crippen LogP contribution in [0, 0.1) is 17.8 Å². The second-order valence-corrected chi connectivity index (χ2v) is 11.4. The molecule has 0 aromatic heterocycles. The molecule has 0 heterocycles. The smallest absolute Gasteiger partial charge is 0.335 e. The third-order valence-electron chi connectivity index (χ3n) is 8.67. The van der Waals surface area contributed by atoms with Crippen molar-refractivity contribution in [3.63, 3.8) is 0 Å². The largest absolute Gasteiger partial charge is 0.459 e. The fourth-order valence-electron chi connectivity index (χ4n) is 6.34. The van der Waals surface area contributed by atoms with Crippen molar-refractivity contribution >= 4 is 18.0 Å². The third kappa shape index (κ3) is 8.95. The van der Waals surface area contributed by atoms with Gasteiger partial charge in [0, 0.05) is 12.2 Å². The first-order valence-electron chi connectivity index (χ1n) is 15.0. The van der Waals surface area contributed by atoms with Crippen LogP contribution in [0.4, 0.5) is 0 Å². The minimum atomic E-state index is -0.476. The summed E-state index contributed by atoms with van der Waals surface area (Å²) >= 11 is 0. The molecular weight excluding hydrogens is 484 g/mol. The molecule has 0 aliphatic heterocycles. The lowest BCUT2D eigenvalue weighted by molar-refractivity contribution is -0.145. The van der Waals surface area contributed by atoms with Crippen LogP contribution in [0.2, 0.25) is 0 Å². The van der Waals surface area contributed by atoms with Gasteiger partial charge in [0.05, 0.1) is 0 Å². The zero-order valence-electron chi connectivity index (χ0n) is 23.5. The van der Waals surface area contributed by atoms with Gasteiger partial charge in [0.15, 0.2) is 0 Å². The molecule has 0 bridgehead atoms. The van der Waals surface area contributed by atoms with Crippen LogP contribution < -0.4 is 4.74 Å². The topological polar surface area (TPSA) is 52.6 Å². The van der Waals surface area contributed by atoms with Crippen LogP contribution >= 0.6 is 0 Å². The van der Waals surface area contributed by atoms with Crippen molar-refractivity contribution in [3.8, 4) is 16.9 Å². The molecule has 4 heteroatoms. The van der Waals surface area contributed by atoms with Crippen molar-refractivity contribution in [2.45, 2.75) is 90.1 Å². The van der Waals surface area contributed by atoms with Crippen molar-refractivity contribution in [2.24, 2.45) is 17.8 Å². The van der Waals surface area contributed by atoms with Crippen LogP contribution in [0.3, 0.4) is 0 Å². The lowest BCUT2D eigenvalue weighted by atomic mass is 9.70. The van der Waals surface area contributed by atoms with Gasteiger partial charge in [0.1, 0.15) is 11.9 Å². The average Bonchev–Trinajstić information content (AvgIpc) is 2.98. The maximum Gasteiger partial charge on any atom is 0.335 e. The molecule has 0 radical (unpaired) electrons. The fourth-order valence-corrected chi connectivity index (χ4v) is 6.34. The molecule has 0 spiro atoms. The Morgan fingerprint density at radius 2 is 1.38 bits per heavy atom. The van der Waals surface area contributed by atoms with Gasteiger partial charge in [-0.3, -0.25) is 0 Å². The van der Waals surface area contributed by atoms with E-state index in [9.17, 15) is 9.59 Å². The number of hydrogen-bond acceptors (Lipinski definition) is 4. The summed E-state index contributed by atoms with van der Waals surface area (Å²) in [4.78, 5) is 23.8. The predicted octanol–water partition coefficient (Wildman–Crippen LogP) is 8.95. The minimum absolute atomic E-state index is 0.0554. The van der Waals surface area contributed by atoms with Crippen LogP contribution in [0.15, 0.2) is 67.3 Å². The molecule has 2 aromatic rings. The Bertz CT molecular complexity index is 1080. The molecule has 2 aliphatic rings. The van der Waals surface area contributed by atoms with Crippen LogP contribution in [-0.2, 0) is 14.3 Å². The van der Waals surface area contributed by atoms with E-state index in [2.05, 4.69) is 13.5 Å². The van der Waals surface area contributed by atoms with Crippen molar-refractivity contribution in [1.29, 1.82) is 0 Å². The Labute approximate surface area is 234 Å². The molecule has 2 saturated carbocycles. The standard InChI is InChI=1S/C35H44O4/c1-3-5-6-7-26-8-13-28(14-9-26)31-19-23-33(24-20-31)39-35(37)25-12-27-10-15-29(16-11-27)30-17-21-32(22-18-30)38-34(36)4-2/h4,10-12,15-18,21-22,25-26,28,31,33H,2-3,5-9,13-14,19-20,23-24H2,1H3/b25-12+. The van der Waals surface area contributed by atoms with Gasteiger partial charge in [-0.1, -0.05) is 88.4 Å². The molecular formula is C35H44O4. The highest BCUT2D eigenvalue weighted by Crippen LogP contribution is 2.41. The molecule has 0 atom stereocenters. The third-order valence-corrected chi connectivity index (χ3v) is 8.67. The summed E-state index contributed by atoms with van der Waals surface area (Å²) in [6, 6.07) is 15.3. The van der Waals surface area contributed by atoms with Gasteiger partial charge in [-0.05, 0) is 91.2 Å². The monoisotopic (exact) mass is 528 g/mol. The number of benzene rings is 2. The lowest BCUT2D eigenvalue weighted by Gasteiger charge is -2.37. The predicted molar refractivity (Wildman–Crippen MR) is 158 cm³/mol. The van der Waals surface area contributed by atoms with Gasteiger partial charge in [-0.25, -0.2) is 9.59 Å². The first kappa shape index (κ1) is 28.9. The molecule has 208 valence electrons. The Balaban J connectivity index is 1.17. The second kappa shape index (κ2) is 14.9. The molecule has 0 N–H and O–H groups in total. The summed E-state index contributed by atoms with van der Waals surface area (Å²) in [6.45, 7) is 5.69. The Morgan fingerprint density at radius 1 is 0.795 bits per heavy atom. The zero-order chi connectivity index (χ0) is 27.5. The minimum Gasteiger partial charge on any atom is -0.459 e. The average molecular weight is 529 g/mol. The lowest BCUT2D eigenvalue weighted by Crippen LogP contribution is -2.29. The summed E-state index contributed by atoms with van der Waals surface area (Å²) in [5.41, 5.74) is 3.00. The number of carbonyl (C=O) groups excluding carboxylic acids is 2. The summed E-state index contributed by atoms with van der Waals surface area (Å²) in [6.07, 6.45) is 20.2. The van der Waals surface area contributed by atoms with Crippen LogP contribution in [-0.4, -0.2) is 18.0 Å². The number of hydrogen-bond donors (Lipinski definition) is 0. The van der Waals surface area contributed by atoms with E-state index in [0.717, 1.165) is 53.4 Å². The molecule has 2 aromatic carbocycles. The first-order valence-corrected chi connectivity index (χ1v) is 15.0. The SMILES string of the molecule is C=CC(=O)Oc1ccc(-c2ccc(/C=C/C(=O)OC3CCC(C4CCC(CCCCC)CC4)CC3)cc2)cc1. The van der Waals surface area contributed by atoms with Crippen LogP contribution in [0.1, 0.15) is 89.5 Å². The van der Waals surface area contributed by atoms with Gasteiger partial charge in [-0.2, -0.15) is 0 Å². The molecule has 0 unspecified atom stereocenters. The van der Waals surface area contributed by atoms with E-state index in [1.165, 1.54) is 64.2 Å². The maximum absolute atomic E-state index is 12.5. The molecule has 39 heavy (non-hydrogen) atoms. The molecule has 2 aliphatic carbocycles. The Hall–Kier alpha value is -3.14. The molecule has 0 amide bonds. The summed E-state index contributed by atoms with van der Waals surface area (Å²) in [5, 5.41) is 0. The fraction of sp³-hybridized carbons (Fsp3) is 0.486. The summed E-state index contributed by atoms with van der Waals surface area (Å²) in [5.74, 6) is 2.43. The molecule has 4 rings (SSSR count). The highest BCUT2D eigenvalue weighted by molar-refractivity contribution is 5.87. The van der Waals surface area contributed by atoms with Gasteiger partial charge in [-0.15, -0.1) is 0 Å². The highest BCUT2D eigenvalue weighted by atomic mass is 16.5. The van der Waals surface area contributed by atoms with E-state index in [4.69, 9.17) is 9.47 Å². The summed E-state index contributed by atoms with van der Waals surface area (Å²) < 4.78 is 10.9. The van der Waals surface area contributed by atoms with E-state index in [1.807, 2.05) is 42.5 Å². The van der Waals surface area contributed by atoms with E-state index in [0.29, 0.717) is 5.75 Å². The van der Waals surface area contributed by atoms with Crippen molar-refractivity contribution in [3.05, 3.63) is 72.8 Å². The molecule has 2 fully saturated rings. The number of esters is 2. The van der Waals surface area contributed by atoms with Gasteiger partial charge >= 0.3 is 11.9 Å². The summed E-state index contributed by atoms with van der Waals surface area (Å²) in [7, 11) is 0. The number of ether oxygens (including phenoxy) is 2. The van der Waals surface area contributed by atoms with Gasteiger partial charge < -0.3 is 9.47 Å². The second-order valence-electron chi connectivity index (χ2n) is 11.4. The molecule has 4 nitrogen and oxygen atoms in total. The quantitative estimate of drug-likeness (QED) is 0.126. The Morgan fingerprint density at radius 3 is 1.97 bits per heavy atom. The number of rotatable bonds is 11. The normalized spacial score (nSPS) is 23.3. The molecule has 0 saturated heterocycles. The van der Waals surface area contributed by atoms with Crippen molar-refractivity contribution in [2.75, 3.05) is 0 Å². The van der Waals surface area contributed by atoms with Gasteiger partial charge in [0.25, 0.3) is 0 Å². The van der Waals surface area contributed by atoms with Crippen LogP contribution in [0.25, 0.3) is 17.2 Å². The Kier molecular flexibility index (Phi) is 11.0. The van der Waals surface area contributed by atoms with E-state index < -0.39 is 5.97 Å². The van der Waals surface area contributed by atoms with Crippen molar-refractivity contribution < 1.29 is 19.1 Å². The van der Waals surface area contributed by atoms with E-state index in [1.54, 1.807) is 18.2 Å². The first-order chi connectivity index (χ1) is 19.0. The van der Waals surface area contributed by atoms with Crippen LogP contribution in [0.5, 0.6) is 5.75 Å².